The predicted octanol–water partition coefficient (Wildman–Crippen LogP) is -0.112. The molecule has 0 aromatic heterocycles. The quantitative estimate of drug-likeness (QED) is 0.367. The van der Waals surface area contributed by atoms with Crippen molar-refractivity contribution in [3.63, 3.8) is 0 Å². The van der Waals surface area contributed by atoms with Crippen LogP contribution >= 0.6 is 0 Å². The molecule has 0 saturated carbocycles. The van der Waals surface area contributed by atoms with Crippen LogP contribution in [0.15, 0.2) is 0 Å². The highest BCUT2D eigenvalue weighted by atomic mass is 17.2. The summed E-state index contributed by atoms with van der Waals surface area (Å²) < 4.78 is 0. The molecule has 0 aromatic rings. The Bertz CT molecular complexity index is 205. The van der Waals surface area contributed by atoms with E-state index >= 15 is 0 Å². The third-order valence-electron chi connectivity index (χ3n) is 1.64. The van der Waals surface area contributed by atoms with E-state index in [2.05, 4.69) is 9.78 Å². The van der Waals surface area contributed by atoms with Gasteiger partial charge in [0.1, 0.15) is 0 Å². The van der Waals surface area contributed by atoms with Gasteiger partial charge in [-0.3, -0.25) is 0 Å². The highest BCUT2D eigenvalue weighted by molar-refractivity contribution is 5.75. The Morgan fingerprint density at radius 1 is 1.27 bits per heavy atom. The Balaban J connectivity index is 3.45. The molecule has 1 unspecified atom stereocenters. The van der Waals surface area contributed by atoms with Crippen molar-refractivity contribution in [2.45, 2.75) is 38.7 Å². The Hall–Kier alpha value is -1.14. The van der Waals surface area contributed by atoms with Crippen molar-refractivity contribution in [2.75, 3.05) is 6.54 Å². The number of aliphatic hydroxyl groups excluding tert-OH is 1. The van der Waals surface area contributed by atoms with Crippen molar-refractivity contribution >= 4 is 11.9 Å². The van der Waals surface area contributed by atoms with Crippen LogP contribution in [-0.4, -0.2) is 29.7 Å². The van der Waals surface area contributed by atoms with Gasteiger partial charge >= 0.3 is 11.9 Å². The Labute approximate surface area is 88.3 Å². The first kappa shape index (κ1) is 13.9. The number of hydrogen-bond donors (Lipinski definition) is 2. The van der Waals surface area contributed by atoms with Crippen LogP contribution in [-0.2, 0) is 19.4 Å². The summed E-state index contributed by atoms with van der Waals surface area (Å²) in [5.74, 6) is -1.61. The molecule has 6 heteroatoms. The predicted molar refractivity (Wildman–Crippen MR) is 51.4 cm³/mol. The molecule has 0 aromatic carbocycles. The van der Waals surface area contributed by atoms with Gasteiger partial charge in [-0.15, -0.1) is 0 Å². The fraction of sp³-hybridized carbons (Fsp3) is 0.778. The highest BCUT2D eigenvalue weighted by Crippen LogP contribution is 2.01. The number of nitrogens with two attached hydrogens (primary N) is 1. The second-order valence-electron chi connectivity index (χ2n) is 3.13. The van der Waals surface area contributed by atoms with E-state index < -0.39 is 18.0 Å². The van der Waals surface area contributed by atoms with Gasteiger partial charge in [-0.25, -0.2) is 19.4 Å². The van der Waals surface area contributed by atoms with E-state index in [0.717, 1.165) is 12.8 Å². The first-order valence-electron chi connectivity index (χ1n) is 4.87. The van der Waals surface area contributed by atoms with Crippen molar-refractivity contribution in [1.29, 1.82) is 0 Å². The van der Waals surface area contributed by atoms with Crippen molar-refractivity contribution in [3.05, 3.63) is 0 Å². The summed E-state index contributed by atoms with van der Waals surface area (Å²) in [5, 5.41) is 8.70. The first-order valence-corrected chi connectivity index (χ1v) is 4.87. The summed E-state index contributed by atoms with van der Waals surface area (Å²) in [7, 11) is 0. The van der Waals surface area contributed by atoms with E-state index in [1.807, 2.05) is 0 Å². The molecule has 0 saturated heterocycles. The van der Waals surface area contributed by atoms with Crippen LogP contribution < -0.4 is 5.73 Å². The van der Waals surface area contributed by atoms with Crippen molar-refractivity contribution in [3.8, 4) is 0 Å². The highest BCUT2D eigenvalue weighted by Gasteiger charge is 2.14. The zero-order valence-electron chi connectivity index (χ0n) is 8.77. The second kappa shape index (κ2) is 8.19. The Morgan fingerprint density at radius 2 is 1.93 bits per heavy atom. The van der Waals surface area contributed by atoms with Crippen LogP contribution in [0.2, 0.25) is 0 Å². The fourth-order valence-electron chi connectivity index (χ4n) is 0.789. The van der Waals surface area contributed by atoms with Gasteiger partial charge in [0, 0.05) is 0 Å². The van der Waals surface area contributed by atoms with Crippen LogP contribution in [0.25, 0.3) is 0 Å². The number of hydrogen-bond acceptors (Lipinski definition) is 6. The molecule has 6 nitrogen and oxygen atoms in total. The fourth-order valence-corrected chi connectivity index (χ4v) is 0.789. The first-order chi connectivity index (χ1) is 7.07. The molecule has 15 heavy (non-hydrogen) atoms. The van der Waals surface area contributed by atoms with E-state index in [-0.39, 0.29) is 6.42 Å². The van der Waals surface area contributed by atoms with Crippen molar-refractivity contribution in [2.24, 2.45) is 5.73 Å². The molecule has 0 fully saturated rings. The van der Waals surface area contributed by atoms with E-state index in [4.69, 9.17) is 10.8 Å². The van der Waals surface area contributed by atoms with Gasteiger partial charge in [0.05, 0.1) is 6.42 Å². The molecule has 3 N–H and O–H groups in total. The standard InChI is InChI=1S/C9H17NO5/c1-7(11)9(13)15-14-8(12)5-3-2-4-6-10/h7,11H,2-6,10H2,1H3. The molecule has 0 amide bonds. The Morgan fingerprint density at radius 3 is 2.47 bits per heavy atom. The van der Waals surface area contributed by atoms with Gasteiger partial charge in [-0.2, -0.15) is 0 Å². The van der Waals surface area contributed by atoms with E-state index in [9.17, 15) is 9.59 Å². The summed E-state index contributed by atoms with van der Waals surface area (Å²) in [5.41, 5.74) is 5.26. The lowest BCUT2D eigenvalue weighted by Gasteiger charge is -2.04. The summed E-state index contributed by atoms with van der Waals surface area (Å²) in [6.07, 6.45) is 1.20. The van der Waals surface area contributed by atoms with Gasteiger partial charge < -0.3 is 10.8 Å². The topological polar surface area (TPSA) is 98.9 Å². The minimum Gasteiger partial charge on any atom is -0.382 e. The second-order valence-corrected chi connectivity index (χ2v) is 3.13. The normalized spacial score (nSPS) is 11.9. The molecule has 0 rings (SSSR count). The lowest BCUT2D eigenvalue weighted by Crippen LogP contribution is -2.21. The maximum Gasteiger partial charge on any atom is 0.383 e. The molecule has 0 spiro atoms. The van der Waals surface area contributed by atoms with E-state index in [1.165, 1.54) is 6.92 Å². The average Bonchev–Trinajstić information content (AvgIpc) is 2.20. The molecule has 0 radical (unpaired) electrons. The molecule has 0 aliphatic rings. The van der Waals surface area contributed by atoms with Gasteiger partial charge in [-0.05, 0) is 26.3 Å². The number of aliphatic hydroxyl groups is 1. The summed E-state index contributed by atoms with van der Waals surface area (Å²) in [6.45, 7) is 1.81. The molecule has 1 atom stereocenters. The molecule has 0 heterocycles. The number of carbonyl (C=O) groups excluding carboxylic acids is 2. The van der Waals surface area contributed by atoms with Crippen LogP contribution in [0, 0.1) is 0 Å². The number of carbonyl (C=O) groups is 2. The third kappa shape index (κ3) is 7.90. The smallest absolute Gasteiger partial charge is 0.382 e. The zero-order valence-corrected chi connectivity index (χ0v) is 8.77. The average molecular weight is 219 g/mol. The van der Waals surface area contributed by atoms with Crippen molar-refractivity contribution in [1.82, 2.24) is 0 Å². The third-order valence-corrected chi connectivity index (χ3v) is 1.64. The molecular formula is C9H17NO5. The lowest BCUT2D eigenvalue weighted by molar-refractivity contribution is -0.264. The molecular weight excluding hydrogens is 202 g/mol. The molecule has 0 aliphatic heterocycles. The van der Waals surface area contributed by atoms with Crippen molar-refractivity contribution < 1.29 is 24.5 Å². The van der Waals surface area contributed by atoms with Gasteiger partial charge in [0.25, 0.3) is 0 Å². The maximum absolute atomic E-state index is 10.9. The summed E-state index contributed by atoms with van der Waals surface area (Å²) >= 11 is 0. The summed E-state index contributed by atoms with van der Waals surface area (Å²) in [4.78, 5) is 29.8. The van der Waals surface area contributed by atoms with E-state index in [0.29, 0.717) is 13.0 Å². The van der Waals surface area contributed by atoms with Crippen LogP contribution in [0.4, 0.5) is 0 Å². The SMILES string of the molecule is CC(O)C(=O)OOC(=O)CCCCCN. The number of rotatable bonds is 6. The zero-order chi connectivity index (χ0) is 11.7. The lowest BCUT2D eigenvalue weighted by atomic mass is 10.2. The molecule has 0 aliphatic carbocycles. The van der Waals surface area contributed by atoms with Crippen LogP contribution in [0.5, 0.6) is 0 Å². The summed E-state index contributed by atoms with van der Waals surface area (Å²) in [6, 6.07) is 0. The monoisotopic (exact) mass is 219 g/mol. The van der Waals surface area contributed by atoms with Gasteiger partial charge in [0.2, 0.25) is 0 Å². The molecule has 0 bridgehead atoms. The van der Waals surface area contributed by atoms with Crippen LogP contribution in [0.1, 0.15) is 32.6 Å². The maximum atomic E-state index is 10.9. The van der Waals surface area contributed by atoms with Gasteiger partial charge in [0.15, 0.2) is 6.10 Å². The Kier molecular flexibility index (Phi) is 7.57. The minimum atomic E-state index is -1.30. The largest absolute Gasteiger partial charge is 0.383 e. The van der Waals surface area contributed by atoms with Gasteiger partial charge in [-0.1, -0.05) is 6.42 Å². The van der Waals surface area contributed by atoms with E-state index in [1.54, 1.807) is 0 Å². The minimum absolute atomic E-state index is 0.174. The molecule has 88 valence electrons. The number of unbranched alkanes of at least 4 members (excludes halogenated alkanes) is 2. The van der Waals surface area contributed by atoms with Crippen LogP contribution in [0.3, 0.4) is 0 Å².